The summed E-state index contributed by atoms with van der Waals surface area (Å²) in [4.78, 5) is 30.3. The van der Waals surface area contributed by atoms with Crippen LogP contribution in [0.25, 0.3) is 10.6 Å². The summed E-state index contributed by atoms with van der Waals surface area (Å²) >= 11 is 1.59. The van der Waals surface area contributed by atoms with Gasteiger partial charge in [0, 0.05) is 13.1 Å². The van der Waals surface area contributed by atoms with Crippen LogP contribution in [-0.2, 0) is 17.9 Å². The van der Waals surface area contributed by atoms with E-state index in [0.29, 0.717) is 25.3 Å². The van der Waals surface area contributed by atoms with Crippen LogP contribution in [0.4, 0.5) is 0 Å². The minimum absolute atomic E-state index is 0.143. The van der Waals surface area contributed by atoms with Crippen molar-refractivity contribution in [2.75, 3.05) is 13.7 Å². The number of nitrogens with one attached hydrogen (secondary N) is 1. The molecule has 3 heterocycles. The Kier molecular flexibility index (Phi) is 6.96. The standard InChI is InChI=1S/C28H32N4O3S/c1-28(27(34)29-18-21-10-12-22(35-2)13-11-21)19-32-24(17-23(30-32)25-9-6-16-36-25)26(33)31(28)15-14-20-7-4-3-5-8-20/h6-7,9-13,16-17H,3-5,8,14-15,18-19H2,1-2H3,(H,29,34)/t28-/m1/s1. The zero-order chi connectivity index (χ0) is 25.1. The molecule has 0 fully saturated rings. The van der Waals surface area contributed by atoms with Gasteiger partial charge in [-0.3, -0.25) is 14.3 Å². The molecule has 0 saturated heterocycles. The van der Waals surface area contributed by atoms with Gasteiger partial charge in [0.25, 0.3) is 5.91 Å². The second-order valence-electron chi connectivity index (χ2n) is 9.67. The number of thiophene rings is 1. The second kappa shape index (κ2) is 10.3. The number of aromatic nitrogens is 2. The number of ether oxygens (including phenoxy) is 1. The van der Waals surface area contributed by atoms with Crippen molar-refractivity contribution in [1.29, 1.82) is 0 Å². The Labute approximate surface area is 215 Å². The highest BCUT2D eigenvalue weighted by molar-refractivity contribution is 7.13. The third kappa shape index (κ3) is 4.82. The molecule has 2 aliphatic rings. The topological polar surface area (TPSA) is 76.5 Å². The fourth-order valence-electron chi connectivity index (χ4n) is 5.04. The van der Waals surface area contributed by atoms with E-state index in [0.717, 1.165) is 41.1 Å². The maximum Gasteiger partial charge on any atom is 0.273 e. The van der Waals surface area contributed by atoms with E-state index in [-0.39, 0.29) is 11.8 Å². The van der Waals surface area contributed by atoms with Crippen molar-refractivity contribution in [2.45, 2.75) is 57.7 Å². The molecule has 0 unspecified atom stereocenters. The predicted molar refractivity (Wildman–Crippen MR) is 141 cm³/mol. The van der Waals surface area contributed by atoms with Crippen LogP contribution in [0.1, 0.15) is 55.1 Å². The molecular weight excluding hydrogens is 472 g/mol. The van der Waals surface area contributed by atoms with Crippen LogP contribution in [0.5, 0.6) is 5.75 Å². The minimum atomic E-state index is -1.05. The normalized spacial score (nSPS) is 19.6. The van der Waals surface area contributed by atoms with E-state index in [1.807, 2.05) is 54.8 Å². The molecular formula is C28H32N4O3S. The molecule has 1 aromatic carbocycles. The average molecular weight is 505 g/mol. The maximum atomic E-state index is 13.8. The summed E-state index contributed by atoms with van der Waals surface area (Å²) in [6.07, 6.45) is 7.68. The number of carbonyl (C=O) groups excluding carboxylic acids is 2. The highest BCUT2D eigenvalue weighted by atomic mass is 32.1. The summed E-state index contributed by atoms with van der Waals surface area (Å²) in [6, 6.07) is 13.4. The lowest BCUT2D eigenvalue weighted by molar-refractivity contribution is -0.133. The van der Waals surface area contributed by atoms with Crippen molar-refractivity contribution in [2.24, 2.45) is 0 Å². The summed E-state index contributed by atoms with van der Waals surface area (Å²) in [6.45, 7) is 3.06. The van der Waals surface area contributed by atoms with Gasteiger partial charge in [-0.2, -0.15) is 5.10 Å². The third-order valence-electron chi connectivity index (χ3n) is 7.21. The number of hydrogen-bond acceptors (Lipinski definition) is 5. The van der Waals surface area contributed by atoms with E-state index in [2.05, 4.69) is 11.4 Å². The van der Waals surface area contributed by atoms with Crippen LogP contribution in [-0.4, -0.2) is 45.7 Å². The third-order valence-corrected chi connectivity index (χ3v) is 8.11. The maximum absolute atomic E-state index is 13.8. The molecule has 188 valence electrons. The lowest BCUT2D eigenvalue weighted by atomic mass is 9.92. The van der Waals surface area contributed by atoms with Crippen molar-refractivity contribution in [3.63, 3.8) is 0 Å². The smallest absolute Gasteiger partial charge is 0.273 e. The molecule has 5 rings (SSSR count). The molecule has 0 saturated carbocycles. The number of carbonyl (C=O) groups is 2. The zero-order valence-corrected chi connectivity index (χ0v) is 21.6. The predicted octanol–water partition coefficient (Wildman–Crippen LogP) is 5.04. The molecule has 1 N–H and O–H groups in total. The molecule has 7 nitrogen and oxygen atoms in total. The first-order valence-corrected chi connectivity index (χ1v) is 13.4. The Balaban J connectivity index is 1.40. The molecule has 0 spiro atoms. The van der Waals surface area contributed by atoms with Gasteiger partial charge < -0.3 is 15.0 Å². The monoisotopic (exact) mass is 504 g/mol. The molecule has 0 bridgehead atoms. The quantitative estimate of drug-likeness (QED) is 0.436. The number of amides is 2. The van der Waals surface area contributed by atoms with Gasteiger partial charge in [0.15, 0.2) is 0 Å². The average Bonchev–Trinajstić information content (AvgIpc) is 3.58. The van der Waals surface area contributed by atoms with Gasteiger partial charge in [0.2, 0.25) is 5.91 Å². The first kappa shape index (κ1) is 24.3. The van der Waals surface area contributed by atoms with Crippen molar-refractivity contribution >= 4 is 23.2 Å². The lowest BCUT2D eigenvalue weighted by Gasteiger charge is -2.43. The van der Waals surface area contributed by atoms with E-state index >= 15 is 0 Å². The highest BCUT2D eigenvalue weighted by Gasteiger charge is 2.47. The summed E-state index contributed by atoms with van der Waals surface area (Å²) in [7, 11) is 1.63. The number of methoxy groups -OCH3 is 1. The van der Waals surface area contributed by atoms with Crippen molar-refractivity contribution in [1.82, 2.24) is 20.0 Å². The summed E-state index contributed by atoms with van der Waals surface area (Å²) in [5, 5.41) is 9.79. The van der Waals surface area contributed by atoms with Gasteiger partial charge in [-0.15, -0.1) is 11.3 Å². The van der Waals surface area contributed by atoms with E-state index < -0.39 is 5.54 Å². The van der Waals surface area contributed by atoms with Crippen molar-refractivity contribution in [3.8, 4) is 16.3 Å². The molecule has 3 aromatic rings. The fraction of sp³-hybridized carbons (Fsp3) is 0.393. The molecule has 2 aromatic heterocycles. The Bertz CT molecular complexity index is 1260. The van der Waals surface area contributed by atoms with Gasteiger partial charge in [-0.1, -0.05) is 29.8 Å². The highest BCUT2D eigenvalue weighted by Crippen LogP contribution is 2.32. The van der Waals surface area contributed by atoms with Crippen LogP contribution in [0.2, 0.25) is 0 Å². The molecule has 1 aliphatic carbocycles. The van der Waals surface area contributed by atoms with Crippen LogP contribution >= 0.6 is 11.3 Å². The molecule has 2 amide bonds. The van der Waals surface area contributed by atoms with Crippen LogP contribution in [0.15, 0.2) is 59.5 Å². The van der Waals surface area contributed by atoms with Crippen LogP contribution < -0.4 is 10.1 Å². The Morgan fingerprint density at radius 3 is 2.75 bits per heavy atom. The zero-order valence-electron chi connectivity index (χ0n) is 20.8. The Hall–Kier alpha value is -3.39. The Morgan fingerprint density at radius 2 is 2.06 bits per heavy atom. The lowest BCUT2D eigenvalue weighted by Crippen LogP contribution is -2.64. The minimum Gasteiger partial charge on any atom is -0.497 e. The first-order valence-electron chi connectivity index (χ1n) is 12.5. The summed E-state index contributed by atoms with van der Waals surface area (Å²) in [5.41, 5.74) is 2.61. The first-order chi connectivity index (χ1) is 17.5. The number of hydrogen-bond donors (Lipinski definition) is 1. The van der Waals surface area contributed by atoms with Gasteiger partial charge in [-0.05, 0) is 74.2 Å². The van der Waals surface area contributed by atoms with Gasteiger partial charge in [0.05, 0.1) is 18.5 Å². The number of rotatable bonds is 8. The van der Waals surface area contributed by atoms with E-state index in [4.69, 9.17) is 9.84 Å². The second-order valence-corrected chi connectivity index (χ2v) is 10.6. The van der Waals surface area contributed by atoms with E-state index in [9.17, 15) is 9.59 Å². The molecule has 8 heteroatoms. The molecule has 1 aliphatic heterocycles. The fourth-order valence-corrected chi connectivity index (χ4v) is 5.72. The van der Waals surface area contributed by atoms with Crippen molar-refractivity contribution < 1.29 is 14.3 Å². The largest absolute Gasteiger partial charge is 0.497 e. The van der Waals surface area contributed by atoms with Crippen LogP contribution in [0, 0.1) is 0 Å². The number of allylic oxidation sites excluding steroid dienone is 1. The summed E-state index contributed by atoms with van der Waals surface area (Å²) in [5.74, 6) is 0.448. The van der Waals surface area contributed by atoms with Crippen molar-refractivity contribution in [3.05, 3.63) is 70.8 Å². The van der Waals surface area contributed by atoms with E-state index in [1.165, 1.54) is 18.4 Å². The van der Waals surface area contributed by atoms with Gasteiger partial charge in [-0.25, -0.2) is 0 Å². The van der Waals surface area contributed by atoms with E-state index in [1.54, 1.807) is 28.0 Å². The molecule has 1 atom stereocenters. The number of nitrogens with zero attached hydrogens (tertiary/aromatic N) is 3. The Morgan fingerprint density at radius 1 is 1.22 bits per heavy atom. The van der Waals surface area contributed by atoms with Crippen LogP contribution in [0.3, 0.4) is 0 Å². The number of benzene rings is 1. The number of fused-ring (bicyclic) bond motifs is 1. The van der Waals surface area contributed by atoms with Gasteiger partial charge in [0.1, 0.15) is 22.7 Å². The SMILES string of the molecule is COc1ccc(CNC(=O)[C@@]2(C)Cn3nc(-c4cccs4)cc3C(=O)N2CCC2=CCCCC2)cc1. The molecule has 0 radical (unpaired) electrons. The summed E-state index contributed by atoms with van der Waals surface area (Å²) < 4.78 is 6.93. The molecule has 36 heavy (non-hydrogen) atoms. The van der Waals surface area contributed by atoms with Gasteiger partial charge >= 0.3 is 0 Å².